The number of halogens is 2. The Bertz CT molecular complexity index is 1510. The molecule has 8 nitrogen and oxygen atoms in total. The van der Waals surface area contributed by atoms with Crippen molar-refractivity contribution in [3.05, 3.63) is 75.4 Å². The molecule has 10 heteroatoms. The maximum atomic E-state index is 15.4. The molecule has 2 aromatic heterocycles. The lowest BCUT2D eigenvalue weighted by molar-refractivity contribution is -0.118. The summed E-state index contributed by atoms with van der Waals surface area (Å²) in [4.78, 5) is 31.3. The Morgan fingerprint density at radius 2 is 2.08 bits per heavy atom. The number of nitrogens with zero attached hydrogens (tertiary/aromatic N) is 5. The van der Waals surface area contributed by atoms with E-state index in [-0.39, 0.29) is 29.7 Å². The van der Waals surface area contributed by atoms with Crippen molar-refractivity contribution < 1.29 is 14.0 Å². The van der Waals surface area contributed by atoms with Crippen LogP contribution in [0.1, 0.15) is 70.8 Å². The zero-order chi connectivity index (χ0) is 26.7. The molecule has 3 fully saturated rings. The maximum absolute atomic E-state index is 15.4. The first-order valence-corrected chi connectivity index (χ1v) is 13.1. The summed E-state index contributed by atoms with van der Waals surface area (Å²) in [6.07, 6.45) is 6.88. The lowest BCUT2D eigenvalue weighted by Gasteiger charge is -2.36. The van der Waals surface area contributed by atoms with E-state index in [0.717, 1.165) is 24.8 Å². The number of rotatable bonds is 6. The molecule has 2 amide bonds. The van der Waals surface area contributed by atoms with E-state index in [4.69, 9.17) is 11.6 Å². The minimum atomic E-state index is -0.500. The molecule has 0 unspecified atom stereocenters. The number of nitrogens with one attached hydrogen (secondary N) is 1. The number of hydrogen-bond acceptors (Lipinski definition) is 5. The summed E-state index contributed by atoms with van der Waals surface area (Å²) < 4.78 is 16.9. The van der Waals surface area contributed by atoms with Crippen LogP contribution in [0.25, 0.3) is 0 Å². The third kappa shape index (κ3) is 4.13. The normalized spacial score (nSPS) is 24.4. The van der Waals surface area contributed by atoms with Crippen LogP contribution in [0, 0.1) is 35.9 Å². The van der Waals surface area contributed by atoms with Crippen LogP contribution in [-0.2, 0) is 4.79 Å². The number of pyridine rings is 1. The van der Waals surface area contributed by atoms with Gasteiger partial charge in [0.05, 0.1) is 29.4 Å². The minimum Gasteiger partial charge on any atom is -0.349 e. The molecule has 1 saturated heterocycles. The van der Waals surface area contributed by atoms with Gasteiger partial charge in [0.1, 0.15) is 11.6 Å². The second-order valence-electron chi connectivity index (χ2n) is 10.6. The Balaban J connectivity index is 1.11. The molecule has 0 spiro atoms. The number of hydrogen-bond donors (Lipinski definition) is 1. The fraction of sp³-hybridized carbons (Fsp3) is 0.393. The minimum absolute atomic E-state index is 0.0185. The number of carbonyl (C=O) groups excluding carboxylic acids is 2. The van der Waals surface area contributed by atoms with Crippen LogP contribution in [0.4, 0.5) is 10.2 Å². The third-order valence-corrected chi connectivity index (χ3v) is 8.42. The Hall–Kier alpha value is -3.77. The summed E-state index contributed by atoms with van der Waals surface area (Å²) in [5.74, 6) is 0.352. The largest absolute Gasteiger partial charge is 0.349 e. The van der Waals surface area contributed by atoms with Gasteiger partial charge in [-0.25, -0.2) is 9.37 Å². The number of benzene rings is 1. The van der Waals surface area contributed by atoms with Crippen LogP contribution >= 0.6 is 11.6 Å². The van der Waals surface area contributed by atoms with Crippen LogP contribution in [-0.4, -0.2) is 39.2 Å². The second-order valence-corrected chi connectivity index (χ2v) is 11.0. The number of amides is 2. The van der Waals surface area contributed by atoms with Crippen LogP contribution in [0.15, 0.2) is 36.8 Å². The summed E-state index contributed by atoms with van der Waals surface area (Å²) in [5, 5.41) is 17.3. The summed E-state index contributed by atoms with van der Waals surface area (Å²) in [6, 6.07) is 6.93. The third-order valence-electron chi connectivity index (χ3n) is 8.18. The molecule has 2 aliphatic carbocycles. The molecule has 6 rings (SSSR count). The number of anilines is 1. The topological polar surface area (TPSA) is 104 Å². The van der Waals surface area contributed by atoms with Crippen LogP contribution in [0.3, 0.4) is 0 Å². The van der Waals surface area contributed by atoms with E-state index in [1.165, 1.54) is 12.4 Å². The van der Waals surface area contributed by atoms with Gasteiger partial charge < -0.3 is 5.32 Å². The van der Waals surface area contributed by atoms with Crippen molar-refractivity contribution in [1.82, 2.24) is 20.1 Å². The molecule has 1 N–H and O–H groups in total. The molecule has 3 heterocycles. The van der Waals surface area contributed by atoms with E-state index >= 15 is 4.39 Å². The molecule has 1 aromatic carbocycles. The molecular weight excluding hydrogens is 507 g/mol. The fourth-order valence-corrected chi connectivity index (χ4v) is 5.85. The quantitative estimate of drug-likeness (QED) is 0.502. The van der Waals surface area contributed by atoms with Gasteiger partial charge in [-0.15, -0.1) is 0 Å². The van der Waals surface area contributed by atoms with Crippen LogP contribution in [0.2, 0.25) is 5.02 Å². The Labute approximate surface area is 224 Å². The van der Waals surface area contributed by atoms with Gasteiger partial charge in [0.15, 0.2) is 0 Å². The van der Waals surface area contributed by atoms with E-state index in [9.17, 15) is 14.9 Å². The highest BCUT2D eigenvalue weighted by atomic mass is 35.5. The summed E-state index contributed by atoms with van der Waals surface area (Å²) >= 11 is 6.11. The van der Waals surface area contributed by atoms with Crippen molar-refractivity contribution in [3.8, 4) is 6.07 Å². The van der Waals surface area contributed by atoms with Gasteiger partial charge in [0.25, 0.3) is 5.91 Å². The second kappa shape index (κ2) is 9.21. The van der Waals surface area contributed by atoms with Crippen molar-refractivity contribution in [1.29, 1.82) is 5.26 Å². The maximum Gasteiger partial charge on any atom is 0.254 e. The molecule has 194 valence electrons. The van der Waals surface area contributed by atoms with Crippen molar-refractivity contribution in [3.63, 3.8) is 0 Å². The first-order valence-electron chi connectivity index (χ1n) is 12.8. The molecule has 38 heavy (non-hydrogen) atoms. The zero-order valence-corrected chi connectivity index (χ0v) is 21.7. The first kappa shape index (κ1) is 24.6. The SMILES string of the molecule is Cc1c(N2C[C@H]3C[C@H]3C2=O)ncc([C@H](C)n2cc(C(=O)NC3CC(c4cc(Cl)ccc4C#N)C3)cn2)c1F. The monoisotopic (exact) mass is 532 g/mol. The van der Waals surface area contributed by atoms with Gasteiger partial charge in [-0.3, -0.25) is 19.2 Å². The first-order chi connectivity index (χ1) is 18.2. The van der Waals surface area contributed by atoms with Crippen LogP contribution in [0.5, 0.6) is 0 Å². The highest BCUT2D eigenvalue weighted by Crippen LogP contribution is 2.47. The highest BCUT2D eigenvalue weighted by molar-refractivity contribution is 6.30. The van der Waals surface area contributed by atoms with Crippen molar-refractivity contribution >= 4 is 29.2 Å². The van der Waals surface area contributed by atoms with Gasteiger partial charge >= 0.3 is 0 Å². The van der Waals surface area contributed by atoms with E-state index in [0.29, 0.717) is 45.6 Å². The molecular formula is C28H26ClFN6O2. The number of piperidine rings is 1. The van der Waals surface area contributed by atoms with Crippen LogP contribution < -0.4 is 10.2 Å². The number of nitriles is 1. The van der Waals surface area contributed by atoms with E-state index in [2.05, 4.69) is 21.5 Å². The number of fused-ring (bicyclic) bond motifs is 1. The Kier molecular flexibility index (Phi) is 5.95. The summed E-state index contributed by atoms with van der Waals surface area (Å²) in [6.45, 7) is 4.03. The lowest BCUT2D eigenvalue weighted by atomic mass is 9.74. The Morgan fingerprint density at radius 3 is 2.79 bits per heavy atom. The molecule has 3 atom stereocenters. The summed E-state index contributed by atoms with van der Waals surface area (Å²) in [5.41, 5.74) is 2.58. The highest BCUT2D eigenvalue weighted by Gasteiger charge is 2.53. The molecule has 3 aliphatic rings. The van der Waals surface area contributed by atoms with Gasteiger partial charge in [0.2, 0.25) is 5.91 Å². The Morgan fingerprint density at radius 1 is 1.29 bits per heavy atom. The standard InChI is InChI=1S/C28H26ClFN6O2/c1-14-25(30)24(11-32-26(14)35-12-18-7-23(18)28(35)38)15(2)36-13-19(10-33-36)27(37)34-21-5-17(6-21)22-8-20(29)4-3-16(22)9-31/h3-4,8,10-11,13,15,17-18,21,23H,5-7,12H2,1-2H3,(H,34,37)/t15-,17?,18+,21?,23+/m0/s1. The average Bonchev–Trinajstić information content (AvgIpc) is 3.33. The van der Waals surface area contributed by atoms with E-state index in [1.807, 2.05) is 6.07 Å². The van der Waals surface area contributed by atoms with Crippen molar-refractivity contribution in [2.24, 2.45) is 11.8 Å². The molecule has 2 saturated carbocycles. The van der Waals surface area contributed by atoms with Gasteiger partial charge in [-0.2, -0.15) is 10.4 Å². The van der Waals surface area contributed by atoms with Crippen molar-refractivity contribution in [2.75, 3.05) is 11.4 Å². The molecule has 1 aliphatic heterocycles. The van der Waals surface area contributed by atoms with Gasteiger partial charge in [-0.05, 0) is 68.7 Å². The molecule has 0 bridgehead atoms. The van der Waals surface area contributed by atoms with E-state index < -0.39 is 11.9 Å². The lowest BCUT2D eigenvalue weighted by Crippen LogP contribution is -2.43. The van der Waals surface area contributed by atoms with Crippen molar-refractivity contribution in [2.45, 2.75) is 51.1 Å². The number of carbonyl (C=O) groups is 2. The predicted octanol–water partition coefficient (Wildman–Crippen LogP) is 4.52. The van der Waals surface area contributed by atoms with E-state index in [1.54, 1.807) is 41.8 Å². The average molecular weight is 533 g/mol. The zero-order valence-electron chi connectivity index (χ0n) is 21.0. The molecule has 3 aromatic rings. The summed E-state index contributed by atoms with van der Waals surface area (Å²) in [7, 11) is 0. The van der Waals surface area contributed by atoms with Gasteiger partial charge in [-0.1, -0.05) is 11.6 Å². The smallest absolute Gasteiger partial charge is 0.254 e. The fourth-order valence-electron chi connectivity index (χ4n) is 5.67. The number of aromatic nitrogens is 3. The predicted molar refractivity (Wildman–Crippen MR) is 138 cm³/mol. The van der Waals surface area contributed by atoms with Gasteiger partial charge in [0, 0.05) is 47.0 Å². The molecule has 0 radical (unpaired) electrons.